The van der Waals surface area contributed by atoms with E-state index in [1.807, 2.05) is 6.08 Å². The summed E-state index contributed by atoms with van der Waals surface area (Å²) in [7, 11) is 0. The fourth-order valence-electron chi connectivity index (χ4n) is 3.43. The lowest BCUT2D eigenvalue weighted by Gasteiger charge is -2.40. The molecule has 0 spiro atoms. The van der Waals surface area contributed by atoms with E-state index >= 15 is 0 Å². The summed E-state index contributed by atoms with van der Waals surface area (Å²) in [5, 5.41) is 8.65. The van der Waals surface area contributed by atoms with Crippen molar-refractivity contribution >= 4 is 5.97 Å². The van der Waals surface area contributed by atoms with E-state index in [1.54, 1.807) is 0 Å². The van der Waals surface area contributed by atoms with Crippen LogP contribution >= 0.6 is 0 Å². The summed E-state index contributed by atoms with van der Waals surface area (Å²) in [6.07, 6.45) is 12.6. The molecule has 2 saturated carbocycles. The Morgan fingerprint density at radius 1 is 1.07 bits per heavy atom. The van der Waals surface area contributed by atoms with Crippen molar-refractivity contribution < 1.29 is 9.90 Å². The Morgan fingerprint density at radius 2 is 1.80 bits per heavy atom. The molecule has 0 saturated heterocycles. The van der Waals surface area contributed by atoms with Gasteiger partial charge in [0.2, 0.25) is 0 Å². The van der Waals surface area contributed by atoms with Crippen LogP contribution in [0.25, 0.3) is 0 Å². The van der Waals surface area contributed by atoms with Gasteiger partial charge in [-0.1, -0.05) is 38.2 Å². The van der Waals surface area contributed by atoms with Gasteiger partial charge in [0.25, 0.3) is 0 Å². The number of hydrogen-bond acceptors (Lipinski definition) is 1. The summed E-state index contributed by atoms with van der Waals surface area (Å²) in [4.78, 5) is 10.5. The van der Waals surface area contributed by atoms with Gasteiger partial charge in [-0.25, -0.2) is 4.79 Å². The summed E-state index contributed by atoms with van der Waals surface area (Å²) in [5.41, 5.74) is 0. The monoisotopic (exact) mass is 208 g/mol. The lowest BCUT2D eigenvalue weighted by Crippen LogP contribution is -2.30. The molecular formula is C13H20O2. The van der Waals surface area contributed by atoms with E-state index in [9.17, 15) is 4.79 Å². The van der Waals surface area contributed by atoms with Crippen LogP contribution in [0, 0.1) is 17.8 Å². The van der Waals surface area contributed by atoms with Crippen molar-refractivity contribution in [2.45, 2.75) is 44.9 Å². The standard InChI is InChI=1S/C13H20O2/c14-13(15)9-8-11-6-3-5-10-4-1-2-7-12(10)11/h8-12H,1-7H2,(H,14,15). The molecule has 0 aromatic carbocycles. The van der Waals surface area contributed by atoms with Crippen LogP contribution in [-0.4, -0.2) is 11.1 Å². The van der Waals surface area contributed by atoms with Crippen molar-refractivity contribution in [2.24, 2.45) is 17.8 Å². The fraction of sp³-hybridized carbons (Fsp3) is 0.769. The van der Waals surface area contributed by atoms with E-state index in [2.05, 4.69) is 0 Å². The van der Waals surface area contributed by atoms with Crippen LogP contribution < -0.4 is 0 Å². The maximum absolute atomic E-state index is 10.5. The van der Waals surface area contributed by atoms with E-state index in [0.29, 0.717) is 5.92 Å². The van der Waals surface area contributed by atoms with Gasteiger partial charge in [0, 0.05) is 6.08 Å². The Hall–Kier alpha value is -0.790. The first-order valence-electron chi connectivity index (χ1n) is 6.18. The minimum atomic E-state index is -0.798. The Kier molecular flexibility index (Phi) is 3.45. The molecule has 2 aliphatic rings. The molecule has 0 radical (unpaired) electrons. The zero-order valence-corrected chi connectivity index (χ0v) is 9.19. The topological polar surface area (TPSA) is 37.3 Å². The number of carboxylic acid groups (broad SMARTS) is 1. The number of allylic oxidation sites excluding steroid dienone is 1. The molecule has 0 amide bonds. The predicted molar refractivity (Wildman–Crippen MR) is 59.6 cm³/mol. The van der Waals surface area contributed by atoms with E-state index in [4.69, 9.17) is 5.11 Å². The van der Waals surface area contributed by atoms with Gasteiger partial charge < -0.3 is 5.11 Å². The van der Waals surface area contributed by atoms with Crippen molar-refractivity contribution in [1.82, 2.24) is 0 Å². The van der Waals surface area contributed by atoms with Gasteiger partial charge >= 0.3 is 5.97 Å². The third kappa shape index (κ3) is 2.61. The second kappa shape index (κ2) is 4.82. The Morgan fingerprint density at radius 3 is 2.60 bits per heavy atom. The van der Waals surface area contributed by atoms with Crippen molar-refractivity contribution in [1.29, 1.82) is 0 Å². The van der Waals surface area contributed by atoms with Crippen LogP contribution in [0.4, 0.5) is 0 Å². The van der Waals surface area contributed by atoms with Crippen LogP contribution in [0.15, 0.2) is 12.2 Å². The van der Waals surface area contributed by atoms with E-state index < -0.39 is 5.97 Å². The fourth-order valence-corrected chi connectivity index (χ4v) is 3.43. The molecule has 84 valence electrons. The first-order chi connectivity index (χ1) is 7.27. The molecule has 2 aliphatic carbocycles. The Labute approximate surface area is 91.4 Å². The third-order valence-corrected chi connectivity index (χ3v) is 4.12. The first-order valence-corrected chi connectivity index (χ1v) is 6.18. The van der Waals surface area contributed by atoms with Crippen molar-refractivity contribution in [3.8, 4) is 0 Å². The summed E-state index contributed by atoms with van der Waals surface area (Å²) in [6, 6.07) is 0. The molecule has 0 heterocycles. The van der Waals surface area contributed by atoms with Crippen LogP contribution in [0.5, 0.6) is 0 Å². The van der Waals surface area contributed by atoms with Gasteiger partial charge in [-0.15, -0.1) is 0 Å². The second-order valence-electron chi connectivity index (χ2n) is 5.00. The quantitative estimate of drug-likeness (QED) is 0.707. The van der Waals surface area contributed by atoms with Crippen LogP contribution in [0.1, 0.15) is 44.9 Å². The zero-order chi connectivity index (χ0) is 10.7. The number of aliphatic carboxylic acids is 1. The molecule has 2 fully saturated rings. The number of carbonyl (C=O) groups is 1. The lowest BCUT2D eigenvalue weighted by atomic mass is 9.65. The Bertz CT molecular complexity index is 255. The van der Waals surface area contributed by atoms with Gasteiger partial charge in [0.1, 0.15) is 0 Å². The van der Waals surface area contributed by atoms with E-state index in [1.165, 1.54) is 51.0 Å². The Balaban J connectivity index is 2.00. The van der Waals surface area contributed by atoms with Crippen LogP contribution in [0.2, 0.25) is 0 Å². The molecular weight excluding hydrogens is 188 g/mol. The average Bonchev–Trinajstić information content (AvgIpc) is 2.26. The molecule has 15 heavy (non-hydrogen) atoms. The summed E-state index contributed by atoms with van der Waals surface area (Å²) >= 11 is 0. The minimum absolute atomic E-state index is 0.542. The van der Waals surface area contributed by atoms with Gasteiger partial charge in [-0.2, -0.15) is 0 Å². The molecule has 0 aliphatic heterocycles. The highest BCUT2D eigenvalue weighted by Crippen LogP contribution is 2.44. The SMILES string of the molecule is O=C(O)C=CC1CCCC2CCCCC12. The number of carboxylic acids is 1. The molecule has 2 rings (SSSR count). The summed E-state index contributed by atoms with van der Waals surface area (Å²) in [5.74, 6) is 1.41. The highest BCUT2D eigenvalue weighted by Gasteiger charge is 2.33. The molecule has 0 aromatic rings. The largest absolute Gasteiger partial charge is 0.478 e. The highest BCUT2D eigenvalue weighted by molar-refractivity contribution is 5.79. The third-order valence-electron chi connectivity index (χ3n) is 4.12. The average molecular weight is 208 g/mol. The minimum Gasteiger partial charge on any atom is -0.478 e. The molecule has 3 atom stereocenters. The molecule has 1 N–H and O–H groups in total. The van der Waals surface area contributed by atoms with Gasteiger partial charge in [-0.3, -0.25) is 0 Å². The molecule has 2 nitrogen and oxygen atoms in total. The molecule has 3 unspecified atom stereocenters. The summed E-state index contributed by atoms with van der Waals surface area (Å²) in [6.45, 7) is 0. The molecule has 2 heteroatoms. The first kappa shape index (κ1) is 10.7. The molecule has 0 bridgehead atoms. The smallest absolute Gasteiger partial charge is 0.327 e. The lowest BCUT2D eigenvalue weighted by molar-refractivity contribution is -0.131. The summed E-state index contributed by atoms with van der Waals surface area (Å²) < 4.78 is 0. The normalized spacial score (nSPS) is 36.4. The second-order valence-corrected chi connectivity index (χ2v) is 5.00. The highest BCUT2D eigenvalue weighted by atomic mass is 16.4. The van der Waals surface area contributed by atoms with Gasteiger partial charge in [-0.05, 0) is 30.6 Å². The van der Waals surface area contributed by atoms with Crippen molar-refractivity contribution in [2.75, 3.05) is 0 Å². The molecule has 0 aromatic heterocycles. The maximum Gasteiger partial charge on any atom is 0.327 e. The van der Waals surface area contributed by atoms with Crippen LogP contribution in [-0.2, 0) is 4.79 Å². The van der Waals surface area contributed by atoms with E-state index in [-0.39, 0.29) is 0 Å². The number of fused-ring (bicyclic) bond motifs is 1. The number of rotatable bonds is 2. The van der Waals surface area contributed by atoms with Crippen LogP contribution in [0.3, 0.4) is 0 Å². The maximum atomic E-state index is 10.5. The van der Waals surface area contributed by atoms with Crippen molar-refractivity contribution in [3.63, 3.8) is 0 Å². The predicted octanol–water partition coefficient (Wildman–Crippen LogP) is 3.23. The van der Waals surface area contributed by atoms with Crippen molar-refractivity contribution in [3.05, 3.63) is 12.2 Å². The van der Waals surface area contributed by atoms with Gasteiger partial charge in [0.05, 0.1) is 0 Å². The zero-order valence-electron chi connectivity index (χ0n) is 9.19. The van der Waals surface area contributed by atoms with Gasteiger partial charge in [0.15, 0.2) is 0 Å². The number of hydrogen-bond donors (Lipinski definition) is 1. The van der Waals surface area contributed by atoms with E-state index in [0.717, 1.165) is 11.8 Å².